The fourth-order valence-electron chi connectivity index (χ4n) is 3.95. The number of ether oxygens (including phenoxy) is 1. The summed E-state index contributed by atoms with van der Waals surface area (Å²) in [5.41, 5.74) is -0.605. The third-order valence-corrected chi connectivity index (χ3v) is 6.30. The zero-order valence-corrected chi connectivity index (χ0v) is 21.5. The van der Waals surface area contributed by atoms with Gasteiger partial charge in [-0.2, -0.15) is 13.2 Å². The number of aromatic nitrogens is 1. The van der Waals surface area contributed by atoms with E-state index in [1.165, 1.54) is 38.2 Å². The minimum absolute atomic E-state index is 0.00634. The fraction of sp³-hybridized carbons (Fsp3) is 0.296. The summed E-state index contributed by atoms with van der Waals surface area (Å²) in [6, 6.07) is 10.6. The lowest BCUT2D eigenvalue weighted by atomic mass is 9.97. The number of halogens is 4. The first-order chi connectivity index (χ1) is 17.3. The molecule has 2 aromatic carbocycles. The first-order valence-corrected chi connectivity index (χ1v) is 11.8. The highest BCUT2D eigenvalue weighted by Crippen LogP contribution is 2.36. The second kappa shape index (κ2) is 11.2. The van der Waals surface area contributed by atoms with Crippen molar-refractivity contribution in [2.24, 2.45) is 7.05 Å². The van der Waals surface area contributed by atoms with Gasteiger partial charge in [0.05, 0.1) is 28.3 Å². The molecule has 0 aliphatic heterocycles. The number of aryl methyl sites for hydroxylation is 2. The van der Waals surface area contributed by atoms with Gasteiger partial charge in [-0.25, -0.2) is 4.79 Å². The van der Waals surface area contributed by atoms with E-state index in [1.54, 1.807) is 32.0 Å². The van der Waals surface area contributed by atoms with Crippen LogP contribution < -0.4 is 10.9 Å². The van der Waals surface area contributed by atoms with Crippen molar-refractivity contribution in [2.45, 2.75) is 39.4 Å². The van der Waals surface area contributed by atoms with Crippen molar-refractivity contribution in [1.29, 1.82) is 0 Å². The molecule has 0 saturated carbocycles. The van der Waals surface area contributed by atoms with E-state index in [4.69, 9.17) is 16.3 Å². The molecule has 1 amide bonds. The van der Waals surface area contributed by atoms with Crippen LogP contribution in [0.1, 0.15) is 39.7 Å². The van der Waals surface area contributed by atoms with Gasteiger partial charge in [-0.15, -0.1) is 0 Å². The van der Waals surface area contributed by atoms with Crippen molar-refractivity contribution in [1.82, 2.24) is 9.88 Å². The van der Waals surface area contributed by atoms with Crippen LogP contribution in [0.4, 0.5) is 13.2 Å². The minimum atomic E-state index is -4.72. The quantitative estimate of drug-likeness (QED) is 0.420. The molecule has 3 aromatic rings. The molecule has 1 aromatic heterocycles. The molecule has 1 N–H and O–H groups in total. The highest BCUT2D eigenvalue weighted by Gasteiger charge is 2.36. The van der Waals surface area contributed by atoms with E-state index >= 15 is 0 Å². The summed E-state index contributed by atoms with van der Waals surface area (Å²) in [6.45, 7) is 4.86. The van der Waals surface area contributed by atoms with E-state index in [0.717, 1.165) is 10.6 Å². The number of nitrogens with one attached hydrogen (secondary N) is 1. The van der Waals surface area contributed by atoms with Gasteiger partial charge in [0.15, 0.2) is 0 Å². The molecule has 3 rings (SSSR count). The van der Waals surface area contributed by atoms with Crippen molar-refractivity contribution in [2.75, 3.05) is 6.61 Å². The summed E-state index contributed by atoms with van der Waals surface area (Å²) in [5, 5.41) is 2.87. The van der Waals surface area contributed by atoms with Gasteiger partial charge in [-0.3, -0.25) is 9.59 Å². The van der Waals surface area contributed by atoms with Crippen molar-refractivity contribution < 1.29 is 27.5 Å². The molecule has 6 nitrogen and oxygen atoms in total. The molecule has 0 saturated heterocycles. The molecule has 196 valence electrons. The molecule has 1 unspecified atom stereocenters. The number of esters is 1. The normalized spacial score (nSPS) is 12.2. The maximum absolute atomic E-state index is 13.7. The molecule has 1 atom stereocenters. The lowest BCUT2D eigenvalue weighted by Crippen LogP contribution is -2.43. The number of alkyl halides is 3. The number of benzene rings is 2. The fourth-order valence-corrected chi connectivity index (χ4v) is 4.26. The second-order valence-corrected chi connectivity index (χ2v) is 8.95. The van der Waals surface area contributed by atoms with Gasteiger partial charge in [0, 0.05) is 19.2 Å². The van der Waals surface area contributed by atoms with Crippen LogP contribution in [0.3, 0.4) is 0 Å². The van der Waals surface area contributed by atoms with E-state index in [9.17, 15) is 27.6 Å². The summed E-state index contributed by atoms with van der Waals surface area (Å²) in [7, 11) is 1.41. The Kier molecular flexibility index (Phi) is 8.48. The van der Waals surface area contributed by atoms with Crippen LogP contribution in [-0.4, -0.2) is 29.1 Å². The monoisotopic (exact) mass is 534 g/mol. The molecular formula is C27H26ClF3N2O4. The predicted molar refractivity (Wildman–Crippen MR) is 135 cm³/mol. The van der Waals surface area contributed by atoms with E-state index in [0.29, 0.717) is 11.1 Å². The maximum atomic E-state index is 13.7. The van der Waals surface area contributed by atoms with Gasteiger partial charge in [0.25, 0.3) is 11.5 Å². The summed E-state index contributed by atoms with van der Waals surface area (Å²) < 4.78 is 47.4. The number of hydrogen-bond acceptors (Lipinski definition) is 4. The van der Waals surface area contributed by atoms with E-state index < -0.39 is 40.8 Å². The summed E-state index contributed by atoms with van der Waals surface area (Å²) >= 11 is 6.18. The summed E-state index contributed by atoms with van der Waals surface area (Å²) in [4.78, 5) is 38.3. The van der Waals surface area contributed by atoms with Crippen LogP contribution in [-0.2, 0) is 29.2 Å². The number of carbonyl (C=O) groups excluding carboxylic acids is 2. The third kappa shape index (κ3) is 6.22. The molecule has 0 fully saturated rings. The number of nitrogens with zero attached hydrogens (tertiary/aromatic N) is 1. The van der Waals surface area contributed by atoms with Gasteiger partial charge in [-0.1, -0.05) is 48.0 Å². The zero-order chi connectivity index (χ0) is 27.5. The Labute approximate surface area is 217 Å². The van der Waals surface area contributed by atoms with Gasteiger partial charge < -0.3 is 14.6 Å². The Morgan fingerprint density at radius 3 is 2.32 bits per heavy atom. The molecular weight excluding hydrogens is 509 g/mol. The molecule has 0 aliphatic rings. The van der Waals surface area contributed by atoms with Crippen LogP contribution in [0.15, 0.2) is 53.3 Å². The SMILES string of the molecule is CCOC(=O)C(Cc1ccc(-c2c(C(F)(F)F)cc(C)n(C)c2=O)cc1)NC(=O)c1c(C)cccc1Cl. The van der Waals surface area contributed by atoms with Gasteiger partial charge in [-0.05, 0) is 49.6 Å². The number of amides is 1. The Morgan fingerprint density at radius 1 is 1.11 bits per heavy atom. The summed E-state index contributed by atoms with van der Waals surface area (Å²) in [6.07, 6.45) is -4.71. The molecule has 0 bridgehead atoms. The molecule has 0 radical (unpaired) electrons. The topological polar surface area (TPSA) is 77.4 Å². The Hall–Kier alpha value is -3.59. The van der Waals surface area contributed by atoms with Crippen LogP contribution in [0, 0.1) is 13.8 Å². The average molecular weight is 535 g/mol. The lowest BCUT2D eigenvalue weighted by Gasteiger charge is -2.19. The van der Waals surface area contributed by atoms with Crippen molar-refractivity contribution in [3.8, 4) is 11.1 Å². The van der Waals surface area contributed by atoms with Gasteiger partial charge in [0.2, 0.25) is 0 Å². The van der Waals surface area contributed by atoms with Crippen LogP contribution in [0.2, 0.25) is 5.02 Å². The van der Waals surface area contributed by atoms with E-state index in [2.05, 4.69) is 5.32 Å². The highest BCUT2D eigenvalue weighted by atomic mass is 35.5. The number of hydrogen-bond donors (Lipinski definition) is 1. The van der Waals surface area contributed by atoms with Crippen LogP contribution in [0.25, 0.3) is 11.1 Å². The largest absolute Gasteiger partial charge is 0.464 e. The van der Waals surface area contributed by atoms with Crippen molar-refractivity contribution in [3.63, 3.8) is 0 Å². The third-order valence-electron chi connectivity index (χ3n) is 5.98. The van der Waals surface area contributed by atoms with Crippen molar-refractivity contribution in [3.05, 3.63) is 91.9 Å². The van der Waals surface area contributed by atoms with E-state index in [1.807, 2.05) is 0 Å². The highest BCUT2D eigenvalue weighted by molar-refractivity contribution is 6.34. The van der Waals surface area contributed by atoms with Crippen LogP contribution >= 0.6 is 11.6 Å². The maximum Gasteiger partial charge on any atom is 0.417 e. The Bertz CT molecular complexity index is 1360. The van der Waals surface area contributed by atoms with Crippen LogP contribution in [0.5, 0.6) is 0 Å². The molecule has 0 aliphatic carbocycles. The number of rotatable bonds is 7. The van der Waals surface area contributed by atoms with Gasteiger partial charge >= 0.3 is 12.1 Å². The smallest absolute Gasteiger partial charge is 0.417 e. The Morgan fingerprint density at radius 2 is 1.76 bits per heavy atom. The van der Waals surface area contributed by atoms with E-state index in [-0.39, 0.29) is 34.9 Å². The Balaban J connectivity index is 1.93. The minimum Gasteiger partial charge on any atom is -0.464 e. The lowest BCUT2D eigenvalue weighted by molar-refractivity contribution is -0.145. The molecule has 10 heteroatoms. The number of carbonyl (C=O) groups is 2. The van der Waals surface area contributed by atoms with Crippen molar-refractivity contribution >= 4 is 23.5 Å². The predicted octanol–water partition coefficient (Wildman–Crippen LogP) is 5.25. The summed E-state index contributed by atoms with van der Waals surface area (Å²) in [5.74, 6) is -1.23. The average Bonchev–Trinajstić information content (AvgIpc) is 2.82. The molecule has 1 heterocycles. The molecule has 37 heavy (non-hydrogen) atoms. The van der Waals surface area contributed by atoms with Gasteiger partial charge in [0.1, 0.15) is 6.04 Å². The standard InChI is InChI=1S/C27H26ClF3N2O4/c1-5-37-26(36)21(32-24(34)22-15(2)7-6-8-20(22)28)14-17-9-11-18(12-10-17)23-19(27(29,30)31)13-16(3)33(4)25(23)35/h6-13,21H,5,14H2,1-4H3,(H,32,34). The first-order valence-electron chi connectivity index (χ1n) is 11.4. The first kappa shape index (κ1) is 28.0. The second-order valence-electron chi connectivity index (χ2n) is 8.55. The zero-order valence-electron chi connectivity index (χ0n) is 20.7. The molecule has 0 spiro atoms. The number of pyridine rings is 1.